The van der Waals surface area contributed by atoms with E-state index in [2.05, 4.69) is 10.3 Å². The summed E-state index contributed by atoms with van der Waals surface area (Å²) in [5.74, 6) is 0.164. The number of fused-ring (bicyclic) bond motifs is 2. The van der Waals surface area contributed by atoms with E-state index < -0.39 is 9.84 Å². The lowest BCUT2D eigenvalue weighted by Gasteiger charge is -2.24. The van der Waals surface area contributed by atoms with Gasteiger partial charge in [-0.2, -0.15) is 0 Å². The average Bonchev–Trinajstić information content (AvgIpc) is 3.04. The minimum absolute atomic E-state index is 0.117. The maximum Gasteiger partial charge on any atom is 0.322 e. The van der Waals surface area contributed by atoms with Gasteiger partial charge >= 0.3 is 6.03 Å². The Morgan fingerprint density at radius 3 is 2.77 bits per heavy atom. The average molecular weight is 449 g/mol. The van der Waals surface area contributed by atoms with Crippen molar-refractivity contribution in [3.05, 3.63) is 52.1 Å². The maximum absolute atomic E-state index is 12.9. The SMILES string of the molecule is Cn1cc2c3c(c[nH]c3c1=O)CN(C(=O)NCCCl)c1ccc(CS(C)(=O)=O)cc1-2. The number of sulfone groups is 1. The number of nitrogens with one attached hydrogen (secondary N) is 2. The number of aromatic nitrogens is 2. The van der Waals surface area contributed by atoms with Gasteiger partial charge in [0.2, 0.25) is 0 Å². The molecule has 2 amide bonds. The van der Waals surface area contributed by atoms with Crippen molar-refractivity contribution in [2.75, 3.05) is 23.6 Å². The van der Waals surface area contributed by atoms with Crippen LogP contribution < -0.4 is 15.8 Å². The number of amides is 2. The lowest BCUT2D eigenvalue weighted by molar-refractivity contribution is 0.246. The molecule has 0 bridgehead atoms. The smallest absolute Gasteiger partial charge is 0.322 e. The summed E-state index contributed by atoms with van der Waals surface area (Å²) in [5.41, 5.74) is 3.78. The van der Waals surface area contributed by atoms with Gasteiger partial charge in [-0.1, -0.05) is 6.07 Å². The fourth-order valence-corrected chi connectivity index (χ4v) is 4.76. The highest BCUT2D eigenvalue weighted by Gasteiger charge is 2.28. The molecular formula is C20H21ClN4O4S. The van der Waals surface area contributed by atoms with E-state index in [1.807, 2.05) is 0 Å². The highest BCUT2D eigenvalue weighted by atomic mass is 35.5. The van der Waals surface area contributed by atoms with Crippen LogP contribution in [0.3, 0.4) is 0 Å². The second-order valence-corrected chi connectivity index (χ2v) is 9.97. The van der Waals surface area contributed by atoms with Crippen LogP contribution in [-0.4, -0.2) is 42.7 Å². The van der Waals surface area contributed by atoms with E-state index in [0.717, 1.165) is 16.5 Å². The Balaban J connectivity index is 1.99. The fraction of sp³-hybridized carbons (Fsp3) is 0.300. The van der Waals surface area contributed by atoms with Crippen LogP contribution in [0.1, 0.15) is 11.1 Å². The molecule has 2 N–H and O–H groups in total. The number of benzene rings is 1. The summed E-state index contributed by atoms with van der Waals surface area (Å²) in [6.45, 7) is 0.570. The quantitative estimate of drug-likeness (QED) is 0.598. The highest BCUT2D eigenvalue weighted by Crippen LogP contribution is 2.41. The first-order chi connectivity index (χ1) is 14.2. The third-order valence-electron chi connectivity index (χ3n) is 5.10. The Kier molecular flexibility index (Phi) is 5.11. The van der Waals surface area contributed by atoms with Gasteiger partial charge in [0.1, 0.15) is 5.52 Å². The minimum Gasteiger partial charge on any atom is -0.356 e. The van der Waals surface area contributed by atoms with Crippen molar-refractivity contribution < 1.29 is 13.2 Å². The van der Waals surface area contributed by atoms with Gasteiger partial charge in [-0.3, -0.25) is 9.69 Å². The molecule has 3 aromatic rings. The van der Waals surface area contributed by atoms with Crippen LogP contribution in [0.15, 0.2) is 35.4 Å². The predicted molar refractivity (Wildman–Crippen MR) is 118 cm³/mol. The summed E-state index contributed by atoms with van der Waals surface area (Å²) in [5, 5.41) is 3.52. The van der Waals surface area contributed by atoms with Crippen molar-refractivity contribution in [2.24, 2.45) is 7.05 Å². The molecule has 8 nitrogen and oxygen atoms in total. The van der Waals surface area contributed by atoms with Gasteiger partial charge in [0.15, 0.2) is 9.84 Å². The number of hydrogen-bond donors (Lipinski definition) is 2. The van der Waals surface area contributed by atoms with Gasteiger partial charge < -0.3 is 14.9 Å². The van der Waals surface area contributed by atoms with E-state index in [1.54, 1.807) is 42.5 Å². The van der Waals surface area contributed by atoms with E-state index in [4.69, 9.17) is 11.6 Å². The summed E-state index contributed by atoms with van der Waals surface area (Å²) in [7, 11) is -1.58. The van der Waals surface area contributed by atoms with E-state index in [9.17, 15) is 18.0 Å². The fourth-order valence-electron chi connectivity index (χ4n) is 3.88. The number of pyridine rings is 1. The lowest BCUT2D eigenvalue weighted by atomic mass is 9.99. The third-order valence-corrected chi connectivity index (χ3v) is 6.15. The monoisotopic (exact) mass is 448 g/mol. The number of aryl methyl sites for hydroxylation is 1. The van der Waals surface area contributed by atoms with Gasteiger partial charge in [0, 0.05) is 54.6 Å². The maximum atomic E-state index is 12.9. The van der Waals surface area contributed by atoms with Gasteiger partial charge in [-0.05, 0) is 23.3 Å². The molecule has 2 aromatic heterocycles. The van der Waals surface area contributed by atoms with Crippen molar-refractivity contribution in [3.8, 4) is 11.1 Å². The molecule has 0 unspecified atom stereocenters. The number of nitrogens with zero attached hydrogens (tertiary/aromatic N) is 2. The van der Waals surface area contributed by atoms with Gasteiger partial charge in [0.25, 0.3) is 5.56 Å². The molecule has 0 saturated carbocycles. The molecule has 0 spiro atoms. The molecule has 4 rings (SSSR count). The van der Waals surface area contributed by atoms with E-state index in [0.29, 0.717) is 28.9 Å². The molecule has 0 aliphatic carbocycles. The molecule has 0 radical (unpaired) electrons. The van der Waals surface area contributed by atoms with Crippen molar-refractivity contribution in [2.45, 2.75) is 12.3 Å². The van der Waals surface area contributed by atoms with Crippen LogP contribution in [-0.2, 0) is 29.2 Å². The van der Waals surface area contributed by atoms with Crippen molar-refractivity contribution >= 4 is 44.1 Å². The number of urea groups is 1. The van der Waals surface area contributed by atoms with Crippen LogP contribution in [0, 0.1) is 0 Å². The second kappa shape index (κ2) is 7.48. The van der Waals surface area contributed by atoms with E-state index in [-0.39, 0.29) is 29.8 Å². The van der Waals surface area contributed by atoms with Crippen LogP contribution >= 0.6 is 11.6 Å². The zero-order chi connectivity index (χ0) is 21.6. The van der Waals surface area contributed by atoms with Crippen LogP contribution in [0.25, 0.3) is 22.0 Å². The van der Waals surface area contributed by atoms with Gasteiger partial charge in [0.05, 0.1) is 18.0 Å². The Morgan fingerprint density at radius 2 is 2.07 bits per heavy atom. The number of rotatable bonds is 4. The second-order valence-electron chi connectivity index (χ2n) is 7.45. The number of anilines is 1. The molecule has 0 saturated heterocycles. The molecule has 3 heterocycles. The summed E-state index contributed by atoms with van der Waals surface area (Å²) < 4.78 is 25.2. The normalized spacial score (nSPS) is 13.2. The van der Waals surface area contributed by atoms with Gasteiger partial charge in [-0.25, -0.2) is 13.2 Å². The molecule has 1 aliphatic rings. The molecule has 10 heteroatoms. The largest absolute Gasteiger partial charge is 0.356 e. The first-order valence-corrected chi connectivity index (χ1v) is 11.9. The highest BCUT2D eigenvalue weighted by molar-refractivity contribution is 7.89. The number of halogens is 1. The number of aromatic amines is 1. The van der Waals surface area contributed by atoms with Crippen LogP contribution in [0.4, 0.5) is 10.5 Å². The Labute approximate surface area is 178 Å². The molecule has 158 valence electrons. The summed E-state index contributed by atoms with van der Waals surface area (Å²) >= 11 is 5.72. The number of hydrogen-bond acceptors (Lipinski definition) is 4. The zero-order valence-electron chi connectivity index (χ0n) is 16.5. The number of carbonyl (C=O) groups is 1. The number of carbonyl (C=O) groups excluding carboxylic acids is 1. The minimum atomic E-state index is -3.24. The number of H-pyrrole nitrogens is 1. The van der Waals surface area contributed by atoms with E-state index >= 15 is 0 Å². The Bertz CT molecular complexity index is 1330. The number of alkyl halides is 1. The summed E-state index contributed by atoms with van der Waals surface area (Å²) in [6.07, 6.45) is 4.64. The molecule has 0 atom stereocenters. The summed E-state index contributed by atoms with van der Waals surface area (Å²) in [6, 6.07) is 4.92. The molecular weight excluding hydrogens is 428 g/mol. The lowest BCUT2D eigenvalue weighted by Crippen LogP contribution is -2.40. The van der Waals surface area contributed by atoms with Crippen molar-refractivity contribution in [3.63, 3.8) is 0 Å². The third kappa shape index (κ3) is 3.59. The molecule has 1 aromatic carbocycles. The van der Waals surface area contributed by atoms with E-state index in [1.165, 1.54) is 10.8 Å². The predicted octanol–water partition coefficient (Wildman–Crippen LogP) is 2.35. The Hall–Kier alpha value is -2.78. The molecule has 0 fully saturated rings. The first-order valence-electron chi connectivity index (χ1n) is 9.31. The van der Waals surface area contributed by atoms with Crippen LogP contribution in [0.5, 0.6) is 0 Å². The molecule has 1 aliphatic heterocycles. The standard InChI is InChI=1S/C20H21ClN4O4S/c1-24-10-15-14-7-12(11-30(2,28)29)3-4-16(14)25(20(27)22-6-5-21)9-13-8-23-18(17(13)15)19(24)26/h3-4,7-8,10,23H,5-6,9,11H2,1-2H3,(H,22,27). The first kappa shape index (κ1) is 20.5. The van der Waals surface area contributed by atoms with Gasteiger partial charge in [-0.15, -0.1) is 11.6 Å². The zero-order valence-corrected chi connectivity index (χ0v) is 18.1. The van der Waals surface area contributed by atoms with Crippen molar-refractivity contribution in [1.29, 1.82) is 0 Å². The van der Waals surface area contributed by atoms with Crippen LogP contribution in [0.2, 0.25) is 0 Å². The molecule has 30 heavy (non-hydrogen) atoms. The summed E-state index contributed by atoms with van der Waals surface area (Å²) in [4.78, 5) is 30.1. The Morgan fingerprint density at radius 1 is 1.30 bits per heavy atom. The van der Waals surface area contributed by atoms with Crippen molar-refractivity contribution in [1.82, 2.24) is 14.9 Å². The topological polar surface area (TPSA) is 104 Å².